The van der Waals surface area contributed by atoms with Crippen LogP contribution in [-0.4, -0.2) is 31.0 Å². The van der Waals surface area contributed by atoms with Crippen molar-refractivity contribution in [2.75, 3.05) is 20.2 Å². The Hall–Kier alpha value is -2.33. The molecule has 0 aliphatic carbocycles. The first-order valence-corrected chi connectivity index (χ1v) is 7.49. The highest BCUT2D eigenvalue weighted by atomic mass is 35.5. The summed E-state index contributed by atoms with van der Waals surface area (Å²) in [5.41, 5.74) is 0.643. The lowest BCUT2D eigenvalue weighted by Gasteiger charge is -2.15. The van der Waals surface area contributed by atoms with Gasteiger partial charge in [-0.1, -0.05) is 23.7 Å². The van der Waals surface area contributed by atoms with Crippen LogP contribution in [0.3, 0.4) is 0 Å². The van der Waals surface area contributed by atoms with Gasteiger partial charge in [-0.15, -0.1) is 0 Å². The van der Waals surface area contributed by atoms with E-state index in [-0.39, 0.29) is 11.7 Å². The molecule has 23 heavy (non-hydrogen) atoms. The van der Waals surface area contributed by atoms with Crippen molar-refractivity contribution < 1.29 is 13.9 Å². The first-order chi connectivity index (χ1) is 11.0. The molecule has 1 amide bonds. The van der Waals surface area contributed by atoms with E-state index in [0.717, 1.165) is 0 Å². The molecule has 0 spiro atoms. The topological polar surface area (TPSA) is 29.5 Å². The molecule has 5 heteroatoms. The van der Waals surface area contributed by atoms with Gasteiger partial charge in [-0.3, -0.25) is 4.79 Å². The SMILES string of the molecule is CN(CCOc1ccc(Cl)cc1)C(=O)/C=C/c1cccc(F)c1. The van der Waals surface area contributed by atoms with Crippen LogP contribution in [0.4, 0.5) is 4.39 Å². The van der Waals surface area contributed by atoms with E-state index in [1.807, 2.05) is 0 Å². The van der Waals surface area contributed by atoms with Crippen molar-refractivity contribution in [3.63, 3.8) is 0 Å². The Morgan fingerprint density at radius 3 is 2.70 bits per heavy atom. The minimum Gasteiger partial charge on any atom is -0.492 e. The van der Waals surface area contributed by atoms with E-state index in [0.29, 0.717) is 29.5 Å². The van der Waals surface area contributed by atoms with Crippen LogP contribution in [0.25, 0.3) is 6.08 Å². The molecule has 0 bridgehead atoms. The minimum atomic E-state index is -0.329. The summed E-state index contributed by atoms with van der Waals surface area (Å²) in [6.07, 6.45) is 3.00. The maximum atomic E-state index is 13.0. The van der Waals surface area contributed by atoms with Crippen molar-refractivity contribution in [3.8, 4) is 5.75 Å². The van der Waals surface area contributed by atoms with Crippen LogP contribution >= 0.6 is 11.6 Å². The van der Waals surface area contributed by atoms with Gasteiger partial charge in [-0.2, -0.15) is 0 Å². The van der Waals surface area contributed by atoms with Gasteiger partial charge in [0.15, 0.2) is 0 Å². The number of amides is 1. The molecule has 0 unspecified atom stereocenters. The second kappa shape index (κ2) is 8.34. The van der Waals surface area contributed by atoms with Crippen molar-refractivity contribution in [3.05, 3.63) is 71.0 Å². The number of benzene rings is 2. The predicted molar refractivity (Wildman–Crippen MR) is 90.0 cm³/mol. The van der Waals surface area contributed by atoms with Crippen LogP contribution in [0, 0.1) is 5.82 Å². The Balaban J connectivity index is 1.79. The van der Waals surface area contributed by atoms with Gasteiger partial charge in [-0.05, 0) is 48.0 Å². The fourth-order valence-corrected chi connectivity index (χ4v) is 1.97. The highest BCUT2D eigenvalue weighted by Crippen LogP contribution is 2.15. The highest BCUT2D eigenvalue weighted by Gasteiger charge is 2.05. The summed E-state index contributed by atoms with van der Waals surface area (Å²) in [5, 5.41) is 0.645. The lowest BCUT2D eigenvalue weighted by molar-refractivity contribution is -0.125. The molecule has 0 aromatic heterocycles. The van der Waals surface area contributed by atoms with Crippen LogP contribution in [0.2, 0.25) is 5.02 Å². The zero-order valence-electron chi connectivity index (χ0n) is 12.7. The normalized spacial score (nSPS) is 10.7. The molecule has 0 aliphatic rings. The summed E-state index contributed by atoms with van der Waals surface area (Å²) in [6.45, 7) is 0.812. The van der Waals surface area contributed by atoms with Crippen molar-refractivity contribution in [2.24, 2.45) is 0 Å². The standard InChI is InChI=1S/C18H17ClFNO2/c1-21(11-12-23-17-8-6-15(19)7-9-17)18(22)10-5-14-3-2-4-16(20)13-14/h2-10,13H,11-12H2,1H3/b10-5+. The quantitative estimate of drug-likeness (QED) is 0.747. The number of ether oxygens (including phenoxy) is 1. The monoisotopic (exact) mass is 333 g/mol. The lowest BCUT2D eigenvalue weighted by atomic mass is 10.2. The molecule has 2 aromatic carbocycles. The van der Waals surface area contributed by atoms with Gasteiger partial charge < -0.3 is 9.64 Å². The Labute approximate surface area is 139 Å². The largest absolute Gasteiger partial charge is 0.492 e. The smallest absolute Gasteiger partial charge is 0.246 e. The maximum absolute atomic E-state index is 13.0. The predicted octanol–water partition coefficient (Wildman–Crippen LogP) is 4.03. The number of carbonyl (C=O) groups excluding carboxylic acids is 1. The van der Waals surface area contributed by atoms with Gasteiger partial charge in [-0.25, -0.2) is 4.39 Å². The molecule has 0 heterocycles. The summed E-state index contributed by atoms with van der Waals surface area (Å²) < 4.78 is 18.6. The van der Waals surface area contributed by atoms with Gasteiger partial charge >= 0.3 is 0 Å². The van der Waals surface area contributed by atoms with Crippen molar-refractivity contribution in [2.45, 2.75) is 0 Å². The average Bonchev–Trinajstić information content (AvgIpc) is 2.54. The molecule has 0 atom stereocenters. The Kier molecular flexibility index (Phi) is 6.18. The first-order valence-electron chi connectivity index (χ1n) is 7.12. The summed E-state index contributed by atoms with van der Waals surface area (Å²) in [5.74, 6) is 0.198. The van der Waals surface area contributed by atoms with Gasteiger partial charge in [0.1, 0.15) is 18.2 Å². The van der Waals surface area contributed by atoms with Gasteiger partial charge in [0, 0.05) is 18.1 Å². The average molecular weight is 334 g/mol. The fraction of sp³-hybridized carbons (Fsp3) is 0.167. The Morgan fingerprint density at radius 1 is 1.26 bits per heavy atom. The Bertz CT molecular complexity index is 686. The zero-order chi connectivity index (χ0) is 16.7. The zero-order valence-corrected chi connectivity index (χ0v) is 13.5. The number of hydrogen-bond acceptors (Lipinski definition) is 2. The molecular weight excluding hydrogens is 317 g/mol. The van der Waals surface area contributed by atoms with E-state index >= 15 is 0 Å². The van der Waals surface area contributed by atoms with E-state index in [1.54, 1.807) is 49.5 Å². The molecule has 3 nitrogen and oxygen atoms in total. The van der Waals surface area contributed by atoms with E-state index in [1.165, 1.54) is 23.1 Å². The molecule has 0 saturated heterocycles. The van der Waals surface area contributed by atoms with Gasteiger partial charge in [0.25, 0.3) is 0 Å². The number of likely N-dealkylation sites (N-methyl/N-ethyl adjacent to an activating group) is 1. The summed E-state index contributed by atoms with van der Waals surface area (Å²) in [4.78, 5) is 13.5. The number of rotatable bonds is 6. The van der Waals surface area contributed by atoms with Crippen LogP contribution < -0.4 is 4.74 Å². The third kappa shape index (κ3) is 5.75. The second-order valence-electron chi connectivity index (χ2n) is 4.95. The molecule has 0 N–H and O–H groups in total. The minimum absolute atomic E-state index is 0.172. The summed E-state index contributed by atoms with van der Waals surface area (Å²) in [6, 6.07) is 13.1. The van der Waals surface area contributed by atoms with Crippen molar-refractivity contribution >= 4 is 23.6 Å². The number of carbonyl (C=O) groups is 1. The fourth-order valence-electron chi connectivity index (χ4n) is 1.85. The van der Waals surface area contributed by atoms with Crippen LogP contribution in [0.1, 0.15) is 5.56 Å². The summed E-state index contributed by atoms with van der Waals surface area (Å²) in [7, 11) is 1.68. The lowest BCUT2D eigenvalue weighted by Crippen LogP contribution is -2.29. The molecule has 120 valence electrons. The van der Waals surface area contributed by atoms with E-state index in [4.69, 9.17) is 16.3 Å². The third-order valence-corrected chi connectivity index (χ3v) is 3.40. The van der Waals surface area contributed by atoms with Gasteiger partial charge in [0.2, 0.25) is 5.91 Å². The van der Waals surface area contributed by atoms with Gasteiger partial charge in [0.05, 0.1) is 6.54 Å². The van der Waals surface area contributed by atoms with Crippen LogP contribution in [-0.2, 0) is 4.79 Å². The van der Waals surface area contributed by atoms with Crippen LogP contribution in [0.5, 0.6) is 5.75 Å². The Morgan fingerprint density at radius 2 is 2.00 bits per heavy atom. The number of halogens is 2. The van der Waals surface area contributed by atoms with Crippen molar-refractivity contribution in [1.82, 2.24) is 4.90 Å². The van der Waals surface area contributed by atoms with Crippen LogP contribution in [0.15, 0.2) is 54.6 Å². The molecule has 0 fully saturated rings. The second-order valence-corrected chi connectivity index (χ2v) is 5.39. The van der Waals surface area contributed by atoms with E-state index < -0.39 is 0 Å². The third-order valence-electron chi connectivity index (χ3n) is 3.15. The van der Waals surface area contributed by atoms with E-state index in [9.17, 15) is 9.18 Å². The molecule has 0 radical (unpaired) electrons. The highest BCUT2D eigenvalue weighted by molar-refractivity contribution is 6.30. The van der Waals surface area contributed by atoms with E-state index in [2.05, 4.69) is 0 Å². The van der Waals surface area contributed by atoms with Crippen molar-refractivity contribution in [1.29, 1.82) is 0 Å². The number of hydrogen-bond donors (Lipinski definition) is 0. The molecule has 0 saturated carbocycles. The molecular formula is C18H17ClFNO2. The summed E-state index contributed by atoms with van der Waals surface area (Å²) >= 11 is 5.79. The molecule has 2 rings (SSSR count). The first kappa shape index (κ1) is 17.0. The number of nitrogens with zero attached hydrogens (tertiary/aromatic N) is 1. The maximum Gasteiger partial charge on any atom is 0.246 e. The molecule has 0 aliphatic heterocycles. The molecule has 2 aromatic rings.